The van der Waals surface area contributed by atoms with Gasteiger partial charge in [0.15, 0.2) is 12.2 Å². The summed E-state index contributed by atoms with van der Waals surface area (Å²) < 4.78 is 27.3. The first-order valence-electron chi connectivity index (χ1n) is 10.8. The lowest BCUT2D eigenvalue weighted by molar-refractivity contribution is -0.275. The number of carbonyl (C=O) groups excluding carboxylic acids is 4. The number of hydrogen-bond donors (Lipinski definition) is 0. The third kappa shape index (κ3) is 8.69. The maximum Gasteiger partial charge on any atom is 0.308 e. The number of rotatable bonds is 12. The summed E-state index contributed by atoms with van der Waals surface area (Å²) in [5.41, 5.74) is 0. The highest BCUT2D eigenvalue weighted by molar-refractivity contribution is 5.72. The average molecular weight is 430 g/mol. The van der Waals surface area contributed by atoms with Gasteiger partial charge in [-0.2, -0.15) is 0 Å². The van der Waals surface area contributed by atoms with Crippen molar-refractivity contribution in [3.8, 4) is 0 Å². The minimum absolute atomic E-state index is 0.127. The fraction of sp³-hybridized carbons (Fsp3) is 0.810. The number of hydrogen-bond acceptors (Lipinski definition) is 9. The summed E-state index contributed by atoms with van der Waals surface area (Å²) in [5.74, 6) is -2.10. The van der Waals surface area contributed by atoms with Gasteiger partial charge in [0, 0.05) is 25.7 Å². The van der Waals surface area contributed by atoms with Crippen LogP contribution in [0.15, 0.2) is 0 Å². The first kappa shape index (κ1) is 25.9. The first-order valence-corrected chi connectivity index (χ1v) is 10.8. The number of ether oxygens (including phenoxy) is 5. The van der Waals surface area contributed by atoms with Gasteiger partial charge in [-0.25, -0.2) is 0 Å². The molecule has 4 atom stereocenters. The predicted molar refractivity (Wildman–Crippen MR) is 105 cm³/mol. The monoisotopic (exact) mass is 430 g/mol. The quantitative estimate of drug-likeness (QED) is 0.340. The second-order valence-electron chi connectivity index (χ2n) is 7.13. The van der Waals surface area contributed by atoms with Gasteiger partial charge < -0.3 is 23.7 Å². The van der Waals surface area contributed by atoms with Crippen LogP contribution in [0.2, 0.25) is 0 Å². The molecule has 1 aliphatic heterocycles. The van der Waals surface area contributed by atoms with E-state index in [1.807, 2.05) is 27.7 Å². The van der Waals surface area contributed by atoms with E-state index >= 15 is 0 Å². The Hall–Kier alpha value is -2.16. The van der Waals surface area contributed by atoms with E-state index in [9.17, 15) is 19.2 Å². The molecular weight excluding hydrogens is 396 g/mol. The molecule has 0 aromatic heterocycles. The molecule has 0 spiro atoms. The van der Waals surface area contributed by atoms with Crippen LogP contribution in [-0.2, 0) is 42.9 Å². The lowest BCUT2D eigenvalue weighted by Gasteiger charge is -2.40. The van der Waals surface area contributed by atoms with Crippen molar-refractivity contribution >= 4 is 23.9 Å². The van der Waals surface area contributed by atoms with Crippen molar-refractivity contribution in [1.29, 1.82) is 0 Å². The maximum atomic E-state index is 12.2. The topological polar surface area (TPSA) is 114 Å². The molecule has 1 fully saturated rings. The predicted octanol–water partition coefficient (Wildman–Crippen LogP) is 2.82. The second-order valence-corrected chi connectivity index (χ2v) is 7.13. The molecule has 0 aliphatic carbocycles. The first-order chi connectivity index (χ1) is 14.4. The van der Waals surface area contributed by atoms with Gasteiger partial charge in [0.1, 0.15) is 0 Å². The zero-order valence-corrected chi connectivity index (χ0v) is 18.3. The SMILES string of the molecule is CCCC(=O)O[C@H]1OC[C@H](OC(=O)CCC)[C@@H](OC(=O)CCC)[C@H]1OC(=O)CCC. The van der Waals surface area contributed by atoms with Gasteiger partial charge in [0.05, 0.1) is 6.61 Å². The summed E-state index contributed by atoms with van der Waals surface area (Å²) in [6.07, 6.45) is -1.76. The van der Waals surface area contributed by atoms with Gasteiger partial charge in [-0.1, -0.05) is 27.7 Å². The maximum absolute atomic E-state index is 12.2. The van der Waals surface area contributed by atoms with Crippen LogP contribution in [0.4, 0.5) is 0 Å². The molecule has 0 saturated carbocycles. The van der Waals surface area contributed by atoms with Crippen LogP contribution in [0.3, 0.4) is 0 Å². The Kier molecular flexibility index (Phi) is 12.0. The van der Waals surface area contributed by atoms with Crippen LogP contribution in [0.1, 0.15) is 79.1 Å². The molecule has 0 aromatic carbocycles. The molecule has 1 aliphatic rings. The number of carbonyl (C=O) groups is 4. The van der Waals surface area contributed by atoms with Crippen molar-refractivity contribution < 1.29 is 42.9 Å². The van der Waals surface area contributed by atoms with Gasteiger partial charge in [-0.15, -0.1) is 0 Å². The van der Waals surface area contributed by atoms with Gasteiger partial charge in [-0.05, 0) is 25.7 Å². The van der Waals surface area contributed by atoms with Crippen LogP contribution < -0.4 is 0 Å². The molecular formula is C21H34O9. The summed E-state index contributed by atoms with van der Waals surface area (Å²) in [6, 6.07) is 0. The third-order valence-corrected chi connectivity index (χ3v) is 4.27. The normalized spacial score (nSPS) is 23.3. The summed E-state index contributed by atoms with van der Waals surface area (Å²) in [5, 5.41) is 0. The van der Waals surface area contributed by atoms with E-state index in [4.69, 9.17) is 23.7 Å². The molecule has 0 aromatic rings. The highest BCUT2D eigenvalue weighted by atomic mass is 16.7. The molecule has 0 amide bonds. The fourth-order valence-electron chi connectivity index (χ4n) is 2.87. The Morgan fingerprint density at radius 1 is 0.633 bits per heavy atom. The van der Waals surface area contributed by atoms with Crippen molar-refractivity contribution in [3.63, 3.8) is 0 Å². The third-order valence-electron chi connectivity index (χ3n) is 4.27. The van der Waals surface area contributed by atoms with E-state index in [0.29, 0.717) is 25.7 Å². The summed E-state index contributed by atoms with van der Waals surface area (Å²) in [7, 11) is 0. The van der Waals surface area contributed by atoms with Gasteiger partial charge in [0.2, 0.25) is 12.4 Å². The van der Waals surface area contributed by atoms with Crippen LogP contribution in [0.25, 0.3) is 0 Å². The van der Waals surface area contributed by atoms with Crippen LogP contribution in [0.5, 0.6) is 0 Å². The van der Waals surface area contributed by atoms with Gasteiger partial charge in [-0.3, -0.25) is 19.2 Å². The zero-order chi connectivity index (χ0) is 22.5. The molecule has 0 radical (unpaired) electrons. The van der Waals surface area contributed by atoms with E-state index < -0.39 is 48.5 Å². The van der Waals surface area contributed by atoms with Crippen molar-refractivity contribution in [2.45, 2.75) is 104 Å². The van der Waals surface area contributed by atoms with Gasteiger partial charge in [0.25, 0.3) is 0 Å². The molecule has 30 heavy (non-hydrogen) atoms. The van der Waals surface area contributed by atoms with Gasteiger partial charge >= 0.3 is 23.9 Å². The Labute approximate surface area is 177 Å². The molecule has 1 rings (SSSR count). The molecule has 0 unspecified atom stereocenters. The van der Waals surface area contributed by atoms with Crippen molar-refractivity contribution in [1.82, 2.24) is 0 Å². The summed E-state index contributed by atoms with van der Waals surface area (Å²) in [6.45, 7) is 7.12. The van der Waals surface area contributed by atoms with Crippen molar-refractivity contribution in [2.75, 3.05) is 6.61 Å². The van der Waals surface area contributed by atoms with E-state index in [0.717, 1.165) is 0 Å². The van der Waals surface area contributed by atoms with E-state index in [1.54, 1.807) is 0 Å². The molecule has 9 nitrogen and oxygen atoms in total. The molecule has 1 saturated heterocycles. The van der Waals surface area contributed by atoms with E-state index in [1.165, 1.54) is 0 Å². The lowest BCUT2D eigenvalue weighted by Crippen LogP contribution is -2.58. The smallest absolute Gasteiger partial charge is 0.308 e. The Balaban J connectivity index is 3.12. The van der Waals surface area contributed by atoms with Crippen molar-refractivity contribution in [3.05, 3.63) is 0 Å². The highest BCUT2D eigenvalue weighted by Crippen LogP contribution is 2.26. The highest BCUT2D eigenvalue weighted by Gasteiger charge is 2.49. The van der Waals surface area contributed by atoms with Crippen LogP contribution in [-0.4, -0.2) is 55.1 Å². The Morgan fingerprint density at radius 3 is 1.50 bits per heavy atom. The molecule has 9 heteroatoms. The van der Waals surface area contributed by atoms with E-state index in [2.05, 4.69) is 0 Å². The molecule has 1 heterocycles. The fourth-order valence-corrected chi connectivity index (χ4v) is 2.87. The lowest BCUT2D eigenvalue weighted by atomic mass is 10.0. The molecule has 172 valence electrons. The van der Waals surface area contributed by atoms with E-state index in [-0.39, 0.29) is 32.3 Å². The summed E-state index contributed by atoms with van der Waals surface area (Å²) >= 11 is 0. The molecule has 0 bridgehead atoms. The Morgan fingerprint density at radius 2 is 1.03 bits per heavy atom. The minimum atomic E-state index is -1.26. The largest absolute Gasteiger partial charge is 0.456 e. The van der Waals surface area contributed by atoms with Crippen LogP contribution in [0, 0.1) is 0 Å². The zero-order valence-electron chi connectivity index (χ0n) is 18.3. The molecule has 0 N–H and O–H groups in total. The standard InChI is InChI=1S/C21H34O9/c1-5-9-15(22)27-14-13-26-21(30-18(25)12-8-4)20(29-17(24)11-7-3)19(14)28-16(23)10-6-2/h14,19-21H,5-13H2,1-4H3/t14-,19+,20+,21+/m0/s1. The Bertz CT molecular complexity index is 525. The second kappa shape index (κ2) is 14.0. The van der Waals surface area contributed by atoms with Crippen molar-refractivity contribution in [2.24, 2.45) is 0 Å². The van der Waals surface area contributed by atoms with Crippen LogP contribution >= 0.6 is 0 Å². The minimum Gasteiger partial charge on any atom is -0.456 e. The number of esters is 4. The summed E-state index contributed by atoms with van der Waals surface area (Å²) in [4.78, 5) is 48.4. The average Bonchev–Trinajstić information content (AvgIpc) is 2.67.